The minimum atomic E-state index is 0. The molecule has 0 aliphatic rings. The van der Waals surface area contributed by atoms with Gasteiger partial charge in [0.1, 0.15) is 0 Å². The average Bonchev–Trinajstić information content (AvgIpc) is 2.13. The summed E-state index contributed by atoms with van der Waals surface area (Å²) in [5.41, 5.74) is 1.51. The zero-order chi connectivity index (χ0) is 9.94. The van der Waals surface area contributed by atoms with Crippen LogP contribution in [-0.2, 0) is 0 Å². The quantitative estimate of drug-likeness (QED) is 0.372. The van der Waals surface area contributed by atoms with Crippen LogP contribution in [0, 0.1) is 0 Å². The van der Waals surface area contributed by atoms with Gasteiger partial charge in [0.2, 0.25) is 0 Å². The highest BCUT2D eigenvalue weighted by atomic mass is 14.0. The highest BCUT2D eigenvalue weighted by Gasteiger charge is 1.92. The molecule has 0 fully saturated rings. The van der Waals surface area contributed by atoms with Crippen molar-refractivity contribution in [1.29, 1.82) is 0 Å². The lowest BCUT2D eigenvalue weighted by Gasteiger charge is -2.01. The fraction of sp³-hybridized carbons (Fsp3) is 0.714. The van der Waals surface area contributed by atoms with Gasteiger partial charge in [-0.15, -0.1) is 0 Å². The van der Waals surface area contributed by atoms with Crippen LogP contribution in [0.1, 0.15) is 66.7 Å². The molecule has 0 aliphatic carbocycles. The molecule has 0 saturated carbocycles. The predicted octanol–water partition coefficient (Wildman–Crippen LogP) is 5.51. The molecule has 0 bridgehead atoms. The lowest BCUT2D eigenvalue weighted by Crippen LogP contribution is -1.81. The molecule has 0 atom stereocenters. The lowest BCUT2D eigenvalue weighted by molar-refractivity contribution is 0.667. The smallest absolute Gasteiger partial charge is 0.0282 e. The molecule has 14 heavy (non-hydrogen) atoms. The summed E-state index contributed by atoms with van der Waals surface area (Å²) in [5.74, 6) is 0. The standard InChI is InChI=1S/C13H24.CH4/c1-4-7-8-9-12-13(10-5-2)11-6-3;/h5,10-11H,4,6-9,12H2,1-3H3;1H4/b10-5-,13-11+;. The number of hydrogen-bond acceptors (Lipinski definition) is 0. The van der Waals surface area contributed by atoms with Gasteiger partial charge in [-0.1, -0.05) is 64.3 Å². The number of hydrogen-bond donors (Lipinski definition) is 0. The molecule has 0 saturated heterocycles. The fourth-order valence-corrected chi connectivity index (χ4v) is 1.49. The van der Waals surface area contributed by atoms with Crippen LogP contribution in [0.5, 0.6) is 0 Å². The maximum absolute atomic E-state index is 2.34. The third-order valence-electron chi connectivity index (χ3n) is 2.17. The molecule has 0 radical (unpaired) electrons. The van der Waals surface area contributed by atoms with E-state index in [0.717, 1.165) is 6.42 Å². The van der Waals surface area contributed by atoms with Gasteiger partial charge in [0.05, 0.1) is 0 Å². The van der Waals surface area contributed by atoms with Crippen molar-refractivity contribution < 1.29 is 0 Å². The van der Waals surface area contributed by atoms with Gasteiger partial charge in [-0.2, -0.15) is 0 Å². The molecule has 0 aromatic carbocycles. The third-order valence-corrected chi connectivity index (χ3v) is 2.17. The Morgan fingerprint density at radius 3 is 2.29 bits per heavy atom. The first-order valence-corrected chi connectivity index (χ1v) is 5.66. The van der Waals surface area contributed by atoms with E-state index in [9.17, 15) is 0 Å². The first-order chi connectivity index (χ1) is 6.35. The molecule has 0 aliphatic heterocycles. The highest BCUT2D eigenvalue weighted by Crippen LogP contribution is 2.12. The summed E-state index contributed by atoms with van der Waals surface area (Å²) in [7, 11) is 0. The maximum Gasteiger partial charge on any atom is -0.0282 e. The fourth-order valence-electron chi connectivity index (χ4n) is 1.49. The van der Waals surface area contributed by atoms with Crippen molar-refractivity contribution >= 4 is 0 Å². The molecule has 0 heterocycles. The van der Waals surface area contributed by atoms with Gasteiger partial charge in [0.25, 0.3) is 0 Å². The van der Waals surface area contributed by atoms with Crippen molar-refractivity contribution in [3.63, 3.8) is 0 Å². The Kier molecular flexibility index (Phi) is 14.2. The molecule has 0 rings (SSSR count). The maximum atomic E-state index is 2.34. The first kappa shape index (κ1) is 15.9. The molecule has 0 aromatic heterocycles. The van der Waals surface area contributed by atoms with E-state index in [0.29, 0.717) is 0 Å². The molecule has 0 nitrogen and oxygen atoms in total. The Morgan fingerprint density at radius 2 is 1.79 bits per heavy atom. The molecule has 0 heteroatoms. The van der Waals surface area contributed by atoms with E-state index in [1.807, 2.05) is 0 Å². The Balaban J connectivity index is 0. The second kappa shape index (κ2) is 12.5. The van der Waals surface area contributed by atoms with Crippen molar-refractivity contribution in [3.8, 4) is 0 Å². The molecule has 0 aromatic rings. The van der Waals surface area contributed by atoms with Crippen LogP contribution in [-0.4, -0.2) is 0 Å². The molecule has 0 spiro atoms. The molecule has 0 unspecified atom stereocenters. The lowest BCUT2D eigenvalue weighted by atomic mass is 10.1. The predicted molar refractivity (Wildman–Crippen MR) is 68.7 cm³/mol. The van der Waals surface area contributed by atoms with E-state index >= 15 is 0 Å². The number of unbranched alkanes of at least 4 members (excludes halogenated alkanes) is 3. The van der Waals surface area contributed by atoms with E-state index in [-0.39, 0.29) is 7.43 Å². The van der Waals surface area contributed by atoms with Gasteiger partial charge in [-0.25, -0.2) is 0 Å². The van der Waals surface area contributed by atoms with Crippen LogP contribution < -0.4 is 0 Å². The number of rotatable bonds is 7. The zero-order valence-corrected chi connectivity index (χ0v) is 9.47. The van der Waals surface area contributed by atoms with Crippen molar-refractivity contribution in [3.05, 3.63) is 23.8 Å². The Bertz CT molecular complexity index is 151. The third kappa shape index (κ3) is 9.57. The topological polar surface area (TPSA) is 0 Å². The van der Waals surface area contributed by atoms with E-state index in [4.69, 9.17) is 0 Å². The van der Waals surface area contributed by atoms with E-state index in [1.165, 1.54) is 37.7 Å². The summed E-state index contributed by atoms with van der Waals surface area (Å²) in [6.07, 6.45) is 14.6. The Morgan fingerprint density at radius 1 is 1.07 bits per heavy atom. The molecular formula is C14H28. The summed E-state index contributed by atoms with van der Waals surface area (Å²) < 4.78 is 0. The van der Waals surface area contributed by atoms with Gasteiger partial charge in [-0.3, -0.25) is 0 Å². The van der Waals surface area contributed by atoms with Gasteiger partial charge in [0.15, 0.2) is 0 Å². The van der Waals surface area contributed by atoms with Gasteiger partial charge >= 0.3 is 0 Å². The monoisotopic (exact) mass is 196 g/mol. The highest BCUT2D eigenvalue weighted by molar-refractivity contribution is 5.17. The van der Waals surface area contributed by atoms with E-state index < -0.39 is 0 Å². The molecule has 84 valence electrons. The van der Waals surface area contributed by atoms with Gasteiger partial charge in [0, 0.05) is 0 Å². The molecule has 0 N–H and O–H groups in total. The SMILES string of the molecule is C.C/C=C\C(=C/CC)CCCCCC. The van der Waals surface area contributed by atoms with Crippen LogP contribution in [0.2, 0.25) is 0 Å². The van der Waals surface area contributed by atoms with Crippen LogP contribution in [0.3, 0.4) is 0 Å². The molecule has 0 amide bonds. The zero-order valence-electron chi connectivity index (χ0n) is 9.47. The molecular weight excluding hydrogens is 168 g/mol. The Labute approximate surface area is 91.1 Å². The van der Waals surface area contributed by atoms with Crippen molar-refractivity contribution in [2.24, 2.45) is 0 Å². The number of allylic oxidation sites excluding steroid dienone is 4. The minimum absolute atomic E-state index is 0. The van der Waals surface area contributed by atoms with Crippen LogP contribution >= 0.6 is 0 Å². The first-order valence-electron chi connectivity index (χ1n) is 5.66. The van der Waals surface area contributed by atoms with Crippen molar-refractivity contribution in [2.45, 2.75) is 66.7 Å². The second-order valence-corrected chi connectivity index (χ2v) is 3.50. The van der Waals surface area contributed by atoms with Gasteiger partial charge in [-0.05, 0) is 26.2 Å². The van der Waals surface area contributed by atoms with Crippen LogP contribution in [0.4, 0.5) is 0 Å². The van der Waals surface area contributed by atoms with E-state index in [2.05, 4.69) is 39.0 Å². The van der Waals surface area contributed by atoms with Crippen LogP contribution in [0.25, 0.3) is 0 Å². The summed E-state index contributed by atoms with van der Waals surface area (Å²) in [6.45, 7) is 6.56. The Hall–Kier alpha value is -0.520. The summed E-state index contributed by atoms with van der Waals surface area (Å²) >= 11 is 0. The normalized spacial score (nSPS) is 11.8. The summed E-state index contributed by atoms with van der Waals surface area (Å²) in [5, 5.41) is 0. The summed E-state index contributed by atoms with van der Waals surface area (Å²) in [6, 6.07) is 0. The summed E-state index contributed by atoms with van der Waals surface area (Å²) in [4.78, 5) is 0. The van der Waals surface area contributed by atoms with Gasteiger partial charge < -0.3 is 0 Å². The van der Waals surface area contributed by atoms with E-state index in [1.54, 1.807) is 0 Å². The van der Waals surface area contributed by atoms with Crippen molar-refractivity contribution in [1.82, 2.24) is 0 Å². The minimum Gasteiger partial charge on any atom is -0.0874 e. The second-order valence-electron chi connectivity index (χ2n) is 3.50. The van der Waals surface area contributed by atoms with Crippen molar-refractivity contribution in [2.75, 3.05) is 0 Å². The average molecular weight is 196 g/mol. The van der Waals surface area contributed by atoms with Crippen LogP contribution in [0.15, 0.2) is 23.8 Å². The largest absolute Gasteiger partial charge is 0.0874 e.